The fourth-order valence-electron chi connectivity index (χ4n) is 2.39. The van der Waals surface area contributed by atoms with E-state index in [0.717, 1.165) is 17.8 Å². The van der Waals surface area contributed by atoms with E-state index in [1.54, 1.807) is 0 Å². The third-order valence-electron chi connectivity index (χ3n) is 3.26. The van der Waals surface area contributed by atoms with Crippen molar-refractivity contribution in [1.29, 1.82) is 0 Å². The molecule has 3 atom stereocenters. The van der Waals surface area contributed by atoms with Gasteiger partial charge in [0.05, 0.1) is 6.10 Å². The smallest absolute Gasteiger partial charge is 0.0604 e. The summed E-state index contributed by atoms with van der Waals surface area (Å²) in [4.78, 5) is 0. The minimum atomic E-state index is 0.522. The molecule has 0 spiro atoms. The standard InChI is InChI=1S/C11H22O/c1-8(2)10-6-5-9(3)7-11(10)12-4/h8-11H,5-7H2,1-4H3/t9?,10?,11-/m1/s1. The van der Waals surface area contributed by atoms with E-state index < -0.39 is 0 Å². The molecule has 0 aliphatic heterocycles. The van der Waals surface area contributed by atoms with Crippen molar-refractivity contribution in [3.05, 3.63) is 0 Å². The molecular weight excluding hydrogens is 148 g/mol. The summed E-state index contributed by atoms with van der Waals surface area (Å²) in [7, 11) is 1.86. The Kier molecular flexibility index (Phi) is 3.57. The number of methoxy groups -OCH3 is 1. The van der Waals surface area contributed by atoms with E-state index in [0.29, 0.717) is 6.10 Å². The summed E-state index contributed by atoms with van der Waals surface area (Å²) in [6, 6.07) is 0. The Labute approximate surface area is 76.5 Å². The second-order valence-corrected chi connectivity index (χ2v) is 4.60. The average Bonchev–Trinajstić information content (AvgIpc) is 2.03. The molecular formula is C11H22O. The van der Waals surface area contributed by atoms with Gasteiger partial charge in [-0.05, 0) is 30.6 Å². The Morgan fingerprint density at radius 3 is 2.42 bits per heavy atom. The topological polar surface area (TPSA) is 9.23 Å². The predicted octanol–water partition coefficient (Wildman–Crippen LogP) is 3.09. The van der Waals surface area contributed by atoms with Gasteiger partial charge in [-0.2, -0.15) is 0 Å². The highest BCUT2D eigenvalue weighted by Crippen LogP contribution is 2.34. The normalized spacial score (nSPS) is 37.2. The van der Waals surface area contributed by atoms with E-state index >= 15 is 0 Å². The summed E-state index contributed by atoms with van der Waals surface area (Å²) in [6.07, 6.45) is 4.54. The van der Waals surface area contributed by atoms with E-state index in [4.69, 9.17) is 4.74 Å². The molecule has 72 valence electrons. The van der Waals surface area contributed by atoms with Crippen LogP contribution in [0.15, 0.2) is 0 Å². The van der Waals surface area contributed by atoms with Crippen LogP contribution in [0.4, 0.5) is 0 Å². The van der Waals surface area contributed by atoms with Gasteiger partial charge in [-0.3, -0.25) is 0 Å². The van der Waals surface area contributed by atoms with E-state index in [2.05, 4.69) is 20.8 Å². The van der Waals surface area contributed by atoms with Crippen LogP contribution in [0, 0.1) is 17.8 Å². The van der Waals surface area contributed by atoms with Crippen molar-refractivity contribution in [2.45, 2.75) is 46.1 Å². The SMILES string of the molecule is CO[C@@H]1CC(C)CCC1C(C)C. The molecule has 12 heavy (non-hydrogen) atoms. The van der Waals surface area contributed by atoms with Gasteiger partial charge in [0.25, 0.3) is 0 Å². The van der Waals surface area contributed by atoms with Crippen LogP contribution in [0.2, 0.25) is 0 Å². The van der Waals surface area contributed by atoms with Crippen molar-refractivity contribution >= 4 is 0 Å². The fraction of sp³-hybridized carbons (Fsp3) is 1.00. The van der Waals surface area contributed by atoms with Crippen LogP contribution in [0.25, 0.3) is 0 Å². The Balaban J connectivity index is 2.50. The molecule has 0 aromatic rings. The zero-order chi connectivity index (χ0) is 9.14. The summed E-state index contributed by atoms with van der Waals surface area (Å²) in [5, 5.41) is 0. The summed E-state index contributed by atoms with van der Waals surface area (Å²) in [5.41, 5.74) is 0. The highest BCUT2D eigenvalue weighted by molar-refractivity contribution is 4.80. The lowest BCUT2D eigenvalue weighted by molar-refractivity contribution is -0.00982. The minimum Gasteiger partial charge on any atom is -0.381 e. The lowest BCUT2D eigenvalue weighted by Crippen LogP contribution is -2.33. The van der Waals surface area contributed by atoms with Gasteiger partial charge in [0.15, 0.2) is 0 Å². The van der Waals surface area contributed by atoms with Crippen LogP contribution in [-0.2, 0) is 4.74 Å². The summed E-state index contributed by atoms with van der Waals surface area (Å²) in [5.74, 6) is 2.44. The number of ether oxygens (including phenoxy) is 1. The monoisotopic (exact) mass is 170 g/mol. The van der Waals surface area contributed by atoms with Gasteiger partial charge < -0.3 is 4.74 Å². The van der Waals surface area contributed by atoms with Crippen molar-refractivity contribution in [1.82, 2.24) is 0 Å². The maximum absolute atomic E-state index is 5.54. The fourth-order valence-corrected chi connectivity index (χ4v) is 2.39. The molecule has 1 saturated carbocycles. The highest BCUT2D eigenvalue weighted by Gasteiger charge is 2.30. The van der Waals surface area contributed by atoms with Crippen LogP contribution < -0.4 is 0 Å². The van der Waals surface area contributed by atoms with Crippen molar-refractivity contribution < 1.29 is 4.74 Å². The van der Waals surface area contributed by atoms with E-state index in [-0.39, 0.29) is 0 Å². The molecule has 0 heterocycles. The van der Waals surface area contributed by atoms with Crippen molar-refractivity contribution in [2.75, 3.05) is 7.11 Å². The van der Waals surface area contributed by atoms with Gasteiger partial charge in [0, 0.05) is 7.11 Å². The van der Waals surface area contributed by atoms with Gasteiger partial charge >= 0.3 is 0 Å². The zero-order valence-corrected chi connectivity index (χ0v) is 8.84. The molecule has 0 saturated heterocycles. The summed E-state index contributed by atoms with van der Waals surface area (Å²) >= 11 is 0. The van der Waals surface area contributed by atoms with E-state index in [9.17, 15) is 0 Å². The van der Waals surface area contributed by atoms with Crippen molar-refractivity contribution in [3.63, 3.8) is 0 Å². The van der Waals surface area contributed by atoms with Crippen molar-refractivity contribution in [2.24, 2.45) is 17.8 Å². The molecule has 0 N–H and O–H groups in total. The second kappa shape index (κ2) is 4.27. The van der Waals surface area contributed by atoms with Gasteiger partial charge in [-0.1, -0.05) is 27.2 Å². The van der Waals surface area contributed by atoms with Gasteiger partial charge in [-0.15, -0.1) is 0 Å². The summed E-state index contributed by atoms with van der Waals surface area (Å²) in [6.45, 7) is 6.96. The second-order valence-electron chi connectivity index (χ2n) is 4.60. The molecule has 0 aromatic heterocycles. The van der Waals surface area contributed by atoms with E-state index in [1.807, 2.05) is 7.11 Å². The first-order valence-electron chi connectivity index (χ1n) is 5.18. The Morgan fingerprint density at radius 1 is 1.25 bits per heavy atom. The predicted molar refractivity (Wildman–Crippen MR) is 52.1 cm³/mol. The number of hydrogen-bond donors (Lipinski definition) is 0. The van der Waals surface area contributed by atoms with Crippen LogP contribution in [0.5, 0.6) is 0 Å². The van der Waals surface area contributed by atoms with E-state index in [1.165, 1.54) is 19.3 Å². The van der Waals surface area contributed by atoms with Crippen LogP contribution in [0.3, 0.4) is 0 Å². The third-order valence-corrected chi connectivity index (χ3v) is 3.26. The molecule has 0 amide bonds. The third kappa shape index (κ3) is 2.22. The molecule has 0 radical (unpaired) electrons. The number of hydrogen-bond acceptors (Lipinski definition) is 1. The van der Waals surface area contributed by atoms with Crippen LogP contribution >= 0.6 is 0 Å². The molecule has 2 unspecified atom stereocenters. The first kappa shape index (κ1) is 10.0. The van der Waals surface area contributed by atoms with Crippen LogP contribution in [-0.4, -0.2) is 13.2 Å². The molecule has 0 bridgehead atoms. The molecule has 1 aliphatic rings. The van der Waals surface area contributed by atoms with Gasteiger partial charge in [-0.25, -0.2) is 0 Å². The first-order valence-corrected chi connectivity index (χ1v) is 5.18. The Hall–Kier alpha value is -0.0400. The van der Waals surface area contributed by atoms with Gasteiger partial charge in [0.2, 0.25) is 0 Å². The van der Waals surface area contributed by atoms with Crippen molar-refractivity contribution in [3.8, 4) is 0 Å². The average molecular weight is 170 g/mol. The maximum Gasteiger partial charge on any atom is 0.0604 e. The molecule has 1 aliphatic carbocycles. The quantitative estimate of drug-likeness (QED) is 0.619. The summed E-state index contributed by atoms with van der Waals surface area (Å²) < 4.78 is 5.54. The molecule has 0 aromatic carbocycles. The molecule has 1 fully saturated rings. The zero-order valence-electron chi connectivity index (χ0n) is 8.84. The Bertz CT molecular complexity index is 131. The maximum atomic E-state index is 5.54. The molecule has 1 rings (SSSR count). The number of rotatable bonds is 2. The first-order chi connectivity index (χ1) is 5.65. The molecule has 1 nitrogen and oxygen atoms in total. The molecule has 1 heteroatoms. The minimum absolute atomic E-state index is 0.522. The highest BCUT2D eigenvalue weighted by atomic mass is 16.5. The Morgan fingerprint density at radius 2 is 1.92 bits per heavy atom. The largest absolute Gasteiger partial charge is 0.381 e. The van der Waals surface area contributed by atoms with Crippen LogP contribution in [0.1, 0.15) is 40.0 Å². The van der Waals surface area contributed by atoms with Gasteiger partial charge in [0.1, 0.15) is 0 Å². The lowest BCUT2D eigenvalue weighted by Gasteiger charge is -2.36. The lowest BCUT2D eigenvalue weighted by atomic mass is 9.75.